The first-order chi connectivity index (χ1) is 7.84. The third-order valence-corrected chi connectivity index (χ3v) is 3.24. The molecular weight excluding hydrogens is 198 g/mol. The van der Waals surface area contributed by atoms with E-state index in [0.717, 1.165) is 25.7 Å². The molecule has 3 nitrogen and oxygen atoms in total. The maximum Gasteiger partial charge on any atom is 0.0928 e. The van der Waals surface area contributed by atoms with Crippen LogP contribution in [0.15, 0.2) is 24.5 Å². The van der Waals surface area contributed by atoms with E-state index in [2.05, 4.69) is 22.4 Å². The number of nitrogens with zero attached hydrogens (tertiary/aromatic N) is 2. The van der Waals surface area contributed by atoms with Crippen LogP contribution in [-0.4, -0.2) is 17.2 Å². The van der Waals surface area contributed by atoms with Crippen LogP contribution in [-0.2, 0) is 6.42 Å². The van der Waals surface area contributed by atoms with Crippen LogP contribution in [0.4, 0.5) is 0 Å². The van der Waals surface area contributed by atoms with Crippen molar-refractivity contribution in [3.8, 4) is 0 Å². The van der Waals surface area contributed by atoms with E-state index in [0.29, 0.717) is 6.04 Å². The van der Waals surface area contributed by atoms with Crippen molar-refractivity contribution < 1.29 is 0 Å². The minimum atomic E-state index is -0.301. The Bertz CT molecular complexity index is 299. The van der Waals surface area contributed by atoms with Crippen LogP contribution in [0.2, 0.25) is 0 Å². The number of aromatic nitrogens is 1. The van der Waals surface area contributed by atoms with E-state index in [1.807, 2.05) is 12.4 Å². The largest absolute Gasteiger partial charge is 0.297 e. The summed E-state index contributed by atoms with van der Waals surface area (Å²) < 4.78 is 0. The van der Waals surface area contributed by atoms with Gasteiger partial charge < -0.3 is 0 Å². The lowest BCUT2D eigenvalue weighted by atomic mass is 10.0. The fourth-order valence-electron chi connectivity index (χ4n) is 2.29. The highest BCUT2D eigenvalue weighted by molar-refractivity contribution is 5.09. The summed E-state index contributed by atoms with van der Waals surface area (Å²) >= 11 is 0. The quantitative estimate of drug-likeness (QED) is 0.841. The van der Waals surface area contributed by atoms with E-state index in [9.17, 15) is 5.73 Å². The normalized spacial score (nSPS) is 26.3. The summed E-state index contributed by atoms with van der Waals surface area (Å²) in [5.74, 6) is 0. The standard InChI is InChI=1S/C13H19N3/c14-13-4-2-1-3-12(16-13)6-5-11-7-9-15-10-8-11/h7-10,12-13,16H,1-6H2. The van der Waals surface area contributed by atoms with Gasteiger partial charge in [0.1, 0.15) is 0 Å². The molecule has 1 fully saturated rings. The van der Waals surface area contributed by atoms with Gasteiger partial charge in [0.25, 0.3) is 0 Å². The van der Waals surface area contributed by atoms with Gasteiger partial charge in [-0.3, -0.25) is 10.3 Å². The fourth-order valence-corrected chi connectivity index (χ4v) is 2.29. The summed E-state index contributed by atoms with van der Waals surface area (Å²) in [6.45, 7) is 0. The first-order valence-corrected chi connectivity index (χ1v) is 6.17. The molecule has 0 amide bonds. The Morgan fingerprint density at radius 3 is 2.81 bits per heavy atom. The molecule has 0 spiro atoms. The Hall–Kier alpha value is -0.930. The molecule has 2 rings (SSSR count). The Labute approximate surface area is 97.5 Å². The van der Waals surface area contributed by atoms with Crippen LogP contribution in [0, 0.1) is 0 Å². The smallest absolute Gasteiger partial charge is 0.0928 e. The van der Waals surface area contributed by atoms with Gasteiger partial charge in [-0.15, -0.1) is 5.73 Å². The second-order valence-electron chi connectivity index (χ2n) is 4.56. The maximum atomic E-state index is 9.64. The summed E-state index contributed by atoms with van der Waals surface area (Å²) in [5, 5.41) is 3.29. The summed E-state index contributed by atoms with van der Waals surface area (Å²) in [7, 11) is 0. The molecule has 2 unspecified atom stereocenters. The van der Waals surface area contributed by atoms with E-state index < -0.39 is 0 Å². The minimum Gasteiger partial charge on any atom is -0.297 e. The first-order valence-electron chi connectivity index (χ1n) is 6.17. The van der Waals surface area contributed by atoms with E-state index in [4.69, 9.17) is 0 Å². The van der Waals surface area contributed by atoms with Crippen molar-refractivity contribution in [2.75, 3.05) is 0 Å². The molecular formula is C13H19N3. The second-order valence-corrected chi connectivity index (χ2v) is 4.56. The predicted octanol–water partition coefficient (Wildman–Crippen LogP) is 1.94. The fraction of sp³-hybridized carbons (Fsp3) is 0.615. The Balaban J connectivity index is 1.80. The van der Waals surface area contributed by atoms with Crippen LogP contribution in [0.1, 0.15) is 37.7 Å². The third kappa shape index (κ3) is 3.58. The third-order valence-electron chi connectivity index (χ3n) is 3.24. The van der Waals surface area contributed by atoms with Crippen molar-refractivity contribution in [2.45, 2.75) is 50.7 Å². The Kier molecular flexibility index (Phi) is 4.31. The summed E-state index contributed by atoms with van der Waals surface area (Å²) in [6, 6.07) is 4.59. The lowest BCUT2D eigenvalue weighted by Gasteiger charge is -2.18. The second kappa shape index (κ2) is 5.97. The SMILES string of the molecule is [N]C1CCCCC(CCc2ccncc2)N1. The molecule has 1 N–H and O–H groups in total. The molecule has 1 aromatic rings. The topological polar surface area (TPSA) is 47.2 Å². The molecule has 1 aromatic heterocycles. The number of hydrogen-bond donors (Lipinski definition) is 1. The van der Waals surface area contributed by atoms with Crippen LogP contribution in [0.5, 0.6) is 0 Å². The molecule has 2 radical (unpaired) electrons. The molecule has 1 aliphatic rings. The van der Waals surface area contributed by atoms with Crippen LogP contribution < -0.4 is 11.1 Å². The average molecular weight is 217 g/mol. The minimum absolute atomic E-state index is 0.301. The van der Waals surface area contributed by atoms with Crippen LogP contribution >= 0.6 is 0 Å². The van der Waals surface area contributed by atoms with Crippen molar-refractivity contribution in [1.29, 1.82) is 0 Å². The van der Waals surface area contributed by atoms with Crippen LogP contribution in [0.3, 0.4) is 0 Å². The summed E-state index contributed by atoms with van der Waals surface area (Å²) in [6.07, 6.45) is 9.98. The highest BCUT2D eigenvalue weighted by Crippen LogP contribution is 2.15. The van der Waals surface area contributed by atoms with E-state index >= 15 is 0 Å². The van der Waals surface area contributed by atoms with Gasteiger partial charge >= 0.3 is 0 Å². The lowest BCUT2D eigenvalue weighted by Crippen LogP contribution is -2.37. The van der Waals surface area contributed by atoms with E-state index in [1.54, 1.807) is 0 Å². The number of aryl methyl sites for hydroxylation is 1. The average Bonchev–Trinajstić information content (AvgIpc) is 2.52. The molecule has 1 saturated heterocycles. The van der Waals surface area contributed by atoms with Gasteiger partial charge in [-0.1, -0.05) is 12.8 Å². The number of nitrogens with one attached hydrogen (secondary N) is 1. The van der Waals surface area contributed by atoms with Crippen molar-refractivity contribution in [1.82, 2.24) is 16.0 Å². The number of hydrogen-bond acceptors (Lipinski definition) is 2. The monoisotopic (exact) mass is 217 g/mol. The molecule has 2 atom stereocenters. The molecule has 1 aliphatic heterocycles. The van der Waals surface area contributed by atoms with Gasteiger partial charge in [-0.05, 0) is 43.4 Å². The van der Waals surface area contributed by atoms with E-state index in [1.165, 1.54) is 18.4 Å². The molecule has 16 heavy (non-hydrogen) atoms. The van der Waals surface area contributed by atoms with Gasteiger partial charge in [-0.2, -0.15) is 0 Å². The predicted molar refractivity (Wildman–Crippen MR) is 63.9 cm³/mol. The molecule has 3 heteroatoms. The lowest BCUT2D eigenvalue weighted by molar-refractivity contribution is 0.410. The van der Waals surface area contributed by atoms with Crippen LogP contribution in [0.25, 0.3) is 0 Å². The maximum absolute atomic E-state index is 9.64. The van der Waals surface area contributed by atoms with E-state index in [-0.39, 0.29) is 6.17 Å². The first kappa shape index (κ1) is 11.6. The molecule has 86 valence electrons. The highest BCUT2D eigenvalue weighted by atomic mass is 15.0. The van der Waals surface area contributed by atoms with Gasteiger partial charge in [0, 0.05) is 18.4 Å². The number of pyridine rings is 1. The van der Waals surface area contributed by atoms with Gasteiger partial charge in [0.05, 0.1) is 6.17 Å². The highest BCUT2D eigenvalue weighted by Gasteiger charge is 2.16. The molecule has 0 aromatic carbocycles. The zero-order valence-corrected chi connectivity index (χ0v) is 9.60. The molecule has 0 aliphatic carbocycles. The van der Waals surface area contributed by atoms with Gasteiger partial charge in [-0.25, -0.2) is 0 Å². The zero-order valence-electron chi connectivity index (χ0n) is 9.60. The summed E-state index contributed by atoms with van der Waals surface area (Å²) in [4.78, 5) is 4.01. The van der Waals surface area contributed by atoms with Gasteiger partial charge in [0.15, 0.2) is 0 Å². The van der Waals surface area contributed by atoms with Crippen molar-refractivity contribution in [3.63, 3.8) is 0 Å². The summed E-state index contributed by atoms with van der Waals surface area (Å²) in [5.41, 5.74) is 11.0. The molecule has 2 heterocycles. The zero-order chi connectivity index (χ0) is 11.2. The van der Waals surface area contributed by atoms with Crippen molar-refractivity contribution in [3.05, 3.63) is 30.1 Å². The Morgan fingerprint density at radius 1 is 1.25 bits per heavy atom. The van der Waals surface area contributed by atoms with Crippen molar-refractivity contribution >= 4 is 0 Å². The number of rotatable bonds is 3. The molecule has 0 bridgehead atoms. The van der Waals surface area contributed by atoms with Gasteiger partial charge in [0.2, 0.25) is 0 Å². The molecule has 0 saturated carbocycles. The van der Waals surface area contributed by atoms with Crippen molar-refractivity contribution in [2.24, 2.45) is 0 Å². The Morgan fingerprint density at radius 2 is 2.00 bits per heavy atom.